The topological polar surface area (TPSA) is 46.3 Å². The first-order chi connectivity index (χ1) is 10.0. The first-order valence-corrected chi connectivity index (χ1v) is 6.94. The van der Waals surface area contributed by atoms with Crippen molar-refractivity contribution >= 4 is 5.91 Å². The third kappa shape index (κ3) is 3.59. The first kappa shape index (κ1) is 15.5. The van der Waals surface area contributed by atoms with E-state index in [2.05, 4.69) is 16.7 Å². The number of hydrogen-bond donors (Lipinski definition) is 1. The minimum atomic E-state index is -0.951. The van der Waals surface area contributed by atoms with Crippen LogP contribution in [-0.2, 0) is 6.42 Å². The molecule has 1 fully saturated rings. The highest BCUT2D eigenvalue weighted by molar-refractivity contribution is 5.93. The summed E-state index contributed by atoms with van der Waals surface area (Å²) < 4.78 is 27.8. The summed E-state index contributed by atoms with van der Waals surface area (Å²) in [5, 5.41) is 0. The summed E-state index contributed by atoms with van der Waals surface area (Å²) in [7, 11) is 0. The molecule has 0 aliphatic carbocycles. The molecular formula is C16H18F2N2O. The molecule has 5 heteroatoms. The van der Waals surface area contributed by atoms with Crippen molar-refractivity contribution in [1.29, 1.82) is 0 Å². The number of likely N-dealkylation sites (tertiary alicyclic amines) is 1. The Morgan fingerprint density at radius 1 is 1.48 bits per heavy atom. The number of carbonyl (C=O) groups is 1. The average molecular weight is 292 g/mol. The summed E-state index contributed by atoms with van der Waals surface area (Å²) in [6, 6.07) is 2.10. The maximum atomic E-state index is 14.2. The number of halogens is 2. The fourth-order valence-electron chi connectivity index (χ4n) is 2.74. The van der Waals surface area contributed by atoms with E-state index >= 15 is 0 Å². The molecule has 21 heavy (non-hydrogen) atoms. The highest BCUT2D eigenvalue weighted by atomic mass is 19.1. The third-order valence-corrected chi connectivity index (χ3v) is 3.79. The Hall–Kier alpha value is -1.93. The molecule has 1 heterocycles. The Balaban J connectivity index is 2.22. The van der Waals surface area contributed by atoms with E-state index in [1.54, 1.807) is 6.92 Å². The van der Waals surface area contributed by atoms with E-state index in [9.17, 15) is 13.6 Å². The Morgan fingerprint density at radius 2 is 2.24 bits per heavy atom. The van der Waals surface area contributed by atoms with Gasteiger partial charge >= 0.3 is 0 Å². The van der Waals surface area contributed by atoms with Crippen LogP contribution >= 0.6 is 0 Å². The van der Waals surface area contributed by atoms with Crippen LogP contribution in [0, 0.1) is 23.5 Å². The molecule has 0 aromatic heterocycles. The minimum Gasteiger partial charge on any atom is -0.366 e. The number of amides is 1. The molecule has 1 unspecified atom stereocenters. The van der Waals surface area contributed by atoms with Crippen molar-refractivity contribution in [1.82, 2.24) is 4.90 Å². The van der Waals surface area contributed by atoms with Gasteiger partial charge in [0.05, 0.1) is 12.1 Å². The van der Waals surface area contributed by atoms with Gasteiger partial charge in [0.2, 0.25) is 0 Å². The van der Waals surface area contributed by atoms with Gasteiger partial charge in [0, 0.05) is 6.04 Å². The van der Waals surface area contributed by atoms with E-state index < -0.39 is 17.5 Å². The van der Waals surface area contributed by atoms with E-state index in [0.29, 0.717) is 13.0 Å². The zero-order chi connectivity index (χ0) is 15.4. The standard InChI is InChI=1S/C16H18F2N2O/c1-2-3-6-20-7-4-5-13(20)9-11-8-12(17)10-14(15(11)18)16(19)21/h8,10,13H,4-7,9H2,1H3,(H2,19,21). The van der Waals surface area contributed by atoms with Gasteiger partial charge in [-0.2, -0.15) is 0 Å². The summed E-state index contributed by atoms with van der Waals surface area (Å²) in [5.41, 5.74) is 4.89. The monoisotopic (exact) mass is 292 g/mol. The minimum absolute atomic E-state index is 0.114. The number of primary amides is 1. The molecule has 1 atom stereocenters. The van der Waals surface area contributed by atoms with Gasteiger partial charge < -0.3 is 5.73 Å². The van der Waals surface area contributed by atoms with Crippen molar-refractivity contribution in [2.45, 2.75) is 32.2 Å². The largest absolute Gasteiger partial charge is 0.366 e. The Morgan fingerprint density at radius 3 is 2.90 bits per heavy atom. The van der Waals surface area contributed by atoms with Crippen LogP contribution in [0.1, 0.15) is 35.7 Å². The number of nitrogens with zero attached hydrogens (tertiary/aromatic N) is 1. The summed E-state index contributed by atoms with van der Waals surface area (Å²) >= 11 is 0. The van der Waals surface area contributed by atoms with Crippen LogP contribution in [0.25, 0.3) is 0 Å². The number of nitrogens with two attached hydrogens (primary N) is 1. The Kier molecular flexibility index (Phi) is 4.92. The molecule has 0 saturated carbocycles. The summed E-state index contributed by atoms with van der Waals surface area (Å²) in [6.07, 6.45) is 2.28. The number of hydrogen-bond acceptors (Lipinski definition) is 2. The van der Waals surface area contributed by atoms with Crippen molar-refractivity contribution in [2.75, 3.05) is 13.1 Å². The SMILES string of the molecule is CC#CCN1CCCC1Cc1cc(F)cc(C(N)=O)c1F. The predicted molar refractivity (Wildman–Crippen MR) is 76.6 cm³/mol. The second kappa shape index (κ2) is 6.68. The van der Waals surface area contributed by atoms with Gasteiger partial charge in [-0.05, 0) is 50.4 Å². The van der Waals surface area contributed by atoms with Crippen LogP contribution in [0.3, 0.4) is 0 Å². The summed E-state index contributed by atoms with van der Waals surface area (Å²) in [5.74, 6) is 3.53. The molecule has 1 aliphatic heterocycles. The fourth-order valence-corrected chi connectivity index (χ4v) is 2.74. The van der Waals surface area contributed by atoms with E-state index in [-0.39, 0.29) is 17.2 Å². The number of benzene rings is 1. The molecule has 3 nitrogen and oxygen atoms in total. The first-order valence-electron chi connectivity index (χ1n) is 6.94. The van der Waals surface area contributed by atoms with Gasteiger partial charge in [0.25, 0.3) is 5.91 Å². The van der Waals surface area contributed by atoms with Gasteiger partial charge in [-0.3, -0.25) is 9.69 Å². The van der Waals surface area contributed by atoms with Crippen molar-refractivity contribution in [3.05, 3.63) is 34.9 Å². The van der Waals surface area contributed by atoms with Crippen LogP contribution in [0.5, 0.6) is 0 Å². The van der Waals surface area contributed by atoms with Gasteiger partial charge in [0.1, 0.15) is 11.6 Å². The Bertz CT molecular complexity index is 604. The van der Waals surface area contributed by atoms with Gasteiger partial charge in [-0.15, -0.1) is 5.92 Å². The van der Waals surface area contributed by atoms with Crippen LogP contribution in [0.2, 0.25) is 0 Å². The molecule has 2 rings (SSSR count). The molecule has 1 aromatic rings. The van der Waals surface area contributed by atoms with E-state index in [1.165, 1.54) is 0 Å². The zero-order valence-electron chi connectivity index (χ0n) is 12.0. The van der Waals surface area contributed by atoms with Crippen LogP contribution < -0.4 is 5.73 Å². The van der Waals surface area contributed by atoms with E-state index in [0.717, 1.165) is 31.5 Å². The lowest BCUT2D eigenvalue weighted by Crippen LogP contribution is -2.32. The normalized spacial score (nSPS) is 18.3. The molecule has 0 bridgehead atoms. The lowest BCUT2D eigenvalue weighted by atomic mass is 10.0. The van der Waals surface area contributed by atoms with E-state index in [1.807, 2.05) is 0 Å². The Labute approximate surface area is 123 Å². The van der Waals surface area contributed by atoms with Crippen LogP contribution in [-0.4, -0.2) is 29.9 Å². The molecule has 0 spiro atoms. The smallest absolute Gasteiger partial charge is 0.251 e. The second-order valence-corrected chi connectivity index (χ2v) is 5.19. The molecule has 1 saturated heterocycles. The molecule has 1 aromatic carbocycles. The molecule has 0 radical (unpaired) electrons. The highest BCUT2D eigenvalue weighted by Crippen LogP contribution is 2.24. The predicted octanol–water partition coefficient (Wildman–Crippen LogP) is 2.09. The maximum Gasteiger partial charge on any atom is 0.251 e. The van der Waals surface area contributed by atoms with Crippen molar-refractivity contribution < 1.29 is 13.6 Å². The average Bonchev–Trinajstić information content (AvgIpc) is 2.87. The molecule has 1 aliphatic rings. The number of rotatable bonds is 4. The van der Waals surface area contributed by atoms with Crippen LogP contribution in [0.15, 0.2) is 12.1 Å². The molecule has 2 N–H and O–H groups in total. The van der Waals surface area contributed by atoms with Crippen molar-refractivity contribution in [2.24, 2.45) is 5.73 Å². The maximum absolute atomic E-state index is 14.2. The number of carbonyl (C=O) groups excluding carboxylic acids is 1. The lowest BCUT2D eigenvalue weighted by Gasteiger charge is -2.22. The van der Waals surface area contributed by atoms with Crippen molar-refractivity contribution in [3.63, 3.8) is 0 Å². The molecular weight excluding hydrogens is 274 g/mol. The molecule has 1 amide bonds. The second-order valence-electron chi connectivity index (χ2n) is 5.19. The van der Waals surface area contributed by atoms with Crippen molar-refractivity contribution in [3.8, 4) is 11.8 Å². The fraction of sp³-hybridized carbons (Fsp3) is 0.438. The van der Waals surface area contributed by atoms with Gasteiger partial charge in [-0.1, -0.05) is 5.92 Å². The lowest BCUT2D eigenvalue weighted by molar-refractivity contribution is 0.0995. The van der Waals surface area contributed by atoms with Gasteiger partial charge in [0.15, 0.2) is 0 Å². The molecule has 112 valence electrons. The summed E-state index contributed by atoms with van der Waals surface area (Å²) in [6.45, 7) is 3.30. The summed E-state index contributed by atoms with van der Waals surface area (Å²) in [4.78, 5) is 13.3. The van der Waals surface area contributed by atoms with Crippen LogP contribution in [0.4, 0.5) is 8.78 Å². The third-order valence-electron chi connectivity index (χ3n) is 3.79. The van der Waals surface area contributed by atoms with E-state index in [4.69, 9.17) is 5.73 Å². The highest BCUT2D eigenvalue weighted by Gasteiger charge is 2.26. The quantitative estimate of drug-likeness (QED) is 0.864. The van der Waals surface area contributed by atoms with Gasteiger partial charge in [-0.25, -0.2) is 8.78 Å². The zero-order valence-corrected chi connectivity index (χ0v) is 12.0.